The molecule has 2 aromatic carbocycles. The van der Waals surface area contributed by atoms with Gasteiger partial charge in [-0.3, -0.25) is 4.90 Å². The molecule has 184 valence electrons. The number of hydrogen-bond donors (Lipinski definition) is 1. The van der Waals surface area contributed by atoms with Gasteiger partial charge in [-0.25, -0.2) is 9.37 Å². The molecule has 0 aliphatic carbocycles. The number of ether oxygens (including phenoxy) is 2. The minimum absolute atomic E-state index is 0.0912. The predicted octanol–water partition coefficient (Wildman–Crippen LogP) is 4.13. The summed E-state index contributed by atoms with van der Waals surface area (Å²) in [5, 5.41) is 15.6. The maximum atomic E-state index is 14.4. The zero-order chi connectivity index (χ0) is 24.5. The molecule has 2 aromatic heterocycles. The number of thiazole rings is 1. The molecule has 1 saturated heterocycles. The van der Waals surface area contributed by atoms with E-state index in [0.29, 0.717) is 60.6 Å². The Morgan fingerprint density at radius 2 is 1.80 bits per heavy atom. The van der Waals surface area contributed by atoms with Gasteiger partial charge in [0.15, 0.2) is 17.3 Å². The van der Waals surface area contributed by atoms with Crippen LogP contribution in [-0.4, -0.2) is 65.0 Å². The Morgan fingerprint density at radius 1 is 1.06 bits per heavy atom. The van der Waals surface area contributed by atoms with Crippen molar-refractivity contribution in [2.24, 2.45) is 0 Å². The molecule has 0 bridgehead atoms. The van der Waals surface area contributed by atoms with E-state index in [1.165, 1.54) is 21.9 Å². The normalized spacial score (nSPS) is 15.5. The standard InChI is InChI=1S/C25H28FN5O3S/c1-4-21-27-25-31(28-21)24(32)23(35-25)22(16-9-10-19(33-2)20(15-16)34-3)30-13-11-29(12-14-30)18-8-6-5-7-17(18)26/h5-10,15,22,32H,4,11-14H2,1-3H3. The van der Waals surface area contributed by atoms with Crippen molar-refractivity contribution in [3.63, 3.8) is 0 Å². The van der Waals surface area contributed by atoms with E-state index in [4.69, 9.17) is 9.47 Å². The lowest BCUT2D eigenvalue weighted by Gasteiger charge is -2.40. The first-order valence-electron chi connectivity index (χ1n) is 11.6. The highest BCUT2D eigenvalue weighted by Crippen LogP contribution is 2.42. The van der Waals surface area contributed by atoms with E-state index in [1.54, 1.807) is 20.3 Å². The lowest BCUT2D eigenvalue weighted by molar-refractivity contribution is 0.210. The number of anilines is 1. The number of hydrogen-bond acceptors (Lipinski definition) is 8. The highest BCUT2D eigenvalue weighted by Gasteiger charge is 2.32. The van der Waals surface area contributed by atoms with Gasteiger partial charge in [0.1, 0.15) is 5.82 Å². The Balaban J connectivity index is 1.52. The molecule has 1 fully saturated rings. The molecule has 10 heteroatoms. The molecule has 3 heterocycles. The van der Waals surface area contributed by atoms with Gasteiger partial charge in [0, 0.05) is 32.6 Å². The Bertz CT molecular complexity index is 1330. The van der Waals surface area contributed by atoms with Crippen molar-refractivity contribution in [2.75, 3.05) is 45.3 Å². The highest BCUT2D eigenvalue weighted by molar-refractivity contribution is 7.17. The lowest BCUT2D eigenvalue weighted by Crippen LogP contribution is -2.48. The van der Waals surface area contributed by atoms with E-state index in [9.17, 15) is 9.50 Å². The van der Waals surface area contributed by atoms with Gasteiger partial charge in [0.2, 0.25) is 10.8 Å². The second-order valence-electron chi connectivity index (χ2n) is 8.36. The Hall–Kier alpha value is -3.37. The first-order chi connectivity index (χ1) is 17.0. The largest absolute Gasteiger partial charge is 0.493 e. The van der Waals surface area contributed by atoms with Crippen molar-refractivity contribution in [2.45, 2.75) is 19.4 Å². The first-order valence-corrected chi connectivity index (χ1v) is 12.4. The Labute approximate surface area is 207 Å². The van der Waals surface area contributed by atoms with E-state index in [-0.39, 0.29) is 17.7 Å². The smallest absolute Gasteiger partial charge is 0.230 e. The molecule has 1 atom stereocenters. The summed E-state index contributed by atoms with van der Waals surface area (Å²) in [6, 6.07) is 12.4. The number of methoxy groups -OCH3 is 2. The predicted molar refractivity (Wildman–Crippen MR) is 133 cm³/mol. The van der Waals surface area contributed by atoms with Gasteiger partial charge in [-0.1, -0.05) is 36.5 Å². The highest BCUT2D eigenvalue weighted by atomic mass is 32.1. The zero-order valence-electron chi connectivity index (χ0n) is 19.9. The van der Waals surface area contributed by atoms with E-state index in [1.807, 2.05) is 37.3 Å². The molecule has 0 amide bonds. The Kier molecular flexibility index (Phi) is 6.48. The van der Waals surface area contributed by atoms with Crippen molar-refractivity contribution in [3.8, 4) is 17.4 Å². The average molecular weight is 498 g/mol. The van der Waals surface area contributed by atoms with Crippen LogP contribution in [0.25, 0.3) is 4.96 Å². The van der Waals surface area contributed by atoms with Crippen molar-refractivity contribution >= 4 is 22.0 Å². The minimum Gasteiger partial charge on any atom is -0.493 e. The number of nitrogens with zero attached hydrogens (tertiary/aromatic N) is 5. The quantitative estimate of drug-likeness (QED) is 0.412. The number of fused-ring (bicyclic) bond motifs is 1. The number of aromatic hydroxyl groups is 1. The Morgan fingerprint density at radius 3 is 2.46 bits per heavy atom. The third kappa shape index (κ3) is 4.28. The van der Waals surface area contributed by atoms with Gasteiger partial charge in [-0.15, -0.1) is 5.10 Å². The number of aryl methyl sites for hydroxylation is 1. The van der Waals surface area contributed by atoms with Gasteiger partial charge < -0.3 is 19.5 Å². The first kappa shape index (κ1) is 23.4. The molecule has 1 aliphatic rings. The third-order valence-electron chi connectivity index (χ3n) is 6.40. The molecule has 5 rings (SSSR count). The van der Waals surface area contributed by atoms with Crippen LogP contribution in [0.4, 0.5) is 10.1 Å². The molecule has 1 aliphatic heterocycles. The van der Waals surface area contributed by atoms with Crippen LogP contribution in [-0.2, 0) is 6.42 Å². The zero-order valence-corrected chi connectivity index (χ0v) is 20.8. The third-order valence-corrected chi connectivity index (χ3v) is 7.48. The van der Waals surface area contributed by atoms with Crippen LogP contribution < -0.4 is 14.4 Å². The van der Waals surface area contributed by atoms with E-state index >= 15 is 0 Å². The van der Waals surface area contributed by atoms with Gasteiger partial charge in [0.05, 0.1) is 30.8 Å². The molecule has 4 aromatic rings. The van der Waals surface area contributed by atoms with Crippen molar-refractivity contribution in [3.05, 3.63) is 64.5 Å². The monoisotopic (exact) mass is 497 g/mol. The summed E-state index contributed by atoms with van der Waals surface area (Å²) < 4.78 is 26.9. The minimum atomic E-state index is -0.254. The fourth-order valence-electron chi connectivity index (χ4n) is 4.60. The average Bonchev–Trinajstić information content (AvgIpc) is 3.43. The fraction of sp³-hybridized carbons (Fsp3) is 0.360. The number of aromatic nitrogens is 3. The molecular formula is C25H28FN5O3S. The number of benzene rings is 2. The van der Waals surface area contributed by atoms with Gasteiger partial charge in [0.25, 0.3) is 0 Å². The fourth-order valence-corrected chi connectivity index (χ4v) is 5.73. The van der Waals surface area contributed by atoms with Crippen LogP contribution in [0.1, 0.15) is 29.2 Å². The summed E-state index contributed by atoms with van der Waals surface area (Å²) in [6.45, 7) is 4.67. The SMILES string of the molecule is CCc1nc2sc(C(c3ccc(OC)c(OC)c3)N3CCN(c4ccccc4F)CC3)c(O)n2n1. The molecule has 35 heavy (non-hydrogen) atoms. The van der Waals surface area contributed by atoms with E-state index < -0.39 is 0 Å². The number of para-hydroxylation sites is 1. The number of halogens is 1. The summed E-state index contributed by atoms with van der Waals surface area (Å²) >= 11 is 1.43. The maximum absolute atomic E-state index is 14.4. The lowest BCUT2D eigenvalue weighted by atomic mass is 10.0. The van der Waals surface area contributed by atoms with Crippen LogP contribution in [0.5, 0.6) is 17.4 Å². The van der Waals surface area contributed by atoms with Crippen LogP contribution in [0.15, 0.2) is 42.5 Å². The number of rotatable bonds is 7. The molecule has 0 saturated carbocycles. The number of piperazine rings is 1. The van der Waals surface area contributed by atoms with Crippen molar-refractivity contribution < 1.29 is 19.0 Å². The van der Waals surface area contributed by atoms with Crippen molar-refractivity contribution in [1.29, 1.82) is 0 Å². The summed E-state index contributed by atoms with van der Waals surface area (Å²) in [5.74, 6) is 1.83. The van der Waals surface area contributed by atoms with Crippen molar-refractivity contribution in [1.82, 2.24) is 19.5 Å². The molecule has 1 unspecified atom stereocenters. The summed E-state index contributed by atoms with van der Waals surface area (Å²) in [5.41, 5.74) is 1.57. The van der Waals surface area contributed by atoms with Crippen LogP contribution >= 0.6 is 11.3 Å². The van der Waals surface area contributed by atoms with Gasteiger partial charge in [-0.05, 0) is 29.8 Å². The molecular weight excluding hydrogens is 469 g/mol. The van der Waals surface area contributed by atoms with Gasteiger partial charge >= 0.3 is 0 Å². The maximum Gasteiger partial charge on any atom is 0.230 e. The van der Waals surface area contributed by atoms with Crippen LogP contribution in [0, 0.1) is 5.82 Å². The summed E-state index contributed by atoms with van der Waals surface area (Å²) in [6.07, 6.45) is 0.695. The second-order valence-corrected chi connectivity index (χ2v) is 9.37. The topological polar surface area (TPSA) is 75.4 Å². The van der Waals surface area contributed by atoms with E-state index in [0.717, 1.165) is 10.4 Å². The summed E-state index contributed by atoms with van der Waals surface area (Å²) in [4.78, 5) is 10.3. The summed E-state index contributed by atoms with van der Waals surface area (Å²) in [7, 11) is 3.21. The molecule has 1 N–H and O–H groups in total. The molecule has 0 radical (unpaired) electrons. The molecule has 8 nitrogen and oxygen atoms in total. The molecule has 0 spiro atoms. The second kappa shape index (κ2) is 9.71. The van der Waals surface area contributed by atoms with Crippen LogP contribution in [0.2, 0.25) is 0 Å². The van der Waals surface area contributed by atoms with Crippen LogP contribution in [0.3, 0.4) is 0 Å². The van der Waals surface area contributed by atoms with Gasteiger partial charge in [-0.2, -0.15) is 4.52 Å². The van der Waals surface area contributed by atoms with E-state index in [2.05, 4.69) is 19.9 Å².